The van der Waals surface area contributed by atoms with E-state index < -0.39 is 0 Å². The zero-order chi connectivity index (χ0) is 16.4. The van der Waals surface area contributed by atoms with Crippen molar-refractivity contribution in [3.8, 4) is 0 Å². The second-order valence-electron chi connectivity index (χ2n) is 7.15. The highest BCUT2D eigenvalue weighted by Gasteiger charge is 2.26. The van der Waals surface area contributed by atoms with Crippen molar-refractivity contribution in [2.24, 2.45) is 5.92 Å². The van der Waals surface area contributed by atoms with Gasteiger partial charge in [-0.1, -0.05) is 0 Å². The lowest BCUT2D eigenvalue weighted by molar-refractivity contribution is -0.129. The third kappa shape index (κ3) is 3.65. The molecule has 2 aliphatic rings. The summed E-state index contributed by atoms with van der Waals surface area (Å²) >= 11 is 0. The quantitative estimate of drug-likeness (QED) is 0.859. The molecule has 0 unspecified atom stereocenters. The average Bonchev–Trinajstić information content (AvgIpc) is 2.54. The fraction of sp³-hybridized carbons (Fsp3) is 0.722. The number of aromatic nitrogens is 2. The van der Waals surface area contributed by atoms with Crippen molar-refractivity contribution in [1.29, 1.82) is 0 Å². The van der Waals surface area contributed by atoms with E-state index in [4.69, 9.17) is 4.98 Å². The molecular formula is C18H28N4O. The molecule has 1 amide bonds. The minimum Gasteiger partial charge on any atom is -0.356 e. The SMILES string of the molecule is Cc1nc2c(c(N3CCC(CC(=O)N(C)C)CC3)n1)CCCC2. The number of aryl methyl sites for hydroxylation is 2. The molecule has 5 heteroatoms. The van der Waals surface area contributed by atoms with Crippen LogP contribution in [0.1, 0.15) is 49.2 Å². The van der Waals surface area contributed by atoms with Crippen molar-refractivity contribution in [3.05, 3.63) is 17.1 Å². The van der Waals surface area contributed by atoms with E-state index in [9.17, 15) is 4.79 Å². The fourth-order valence-corrected chi connectivity index (χ4v) is 3.73. The zero-order valence-electron chi connectivity index (χ0n) is 14.6. The first-order chi connectivity index (χ1) is 11.0. The van der Waals surface area contributed by atoms with E-state index in [-0.39, 0.29) is 5.91 Å². The van der Waals surface area contributed by atoms with Crippen molar-refractivity contribution in [2.45, 2.75) is 51.9 Å². The Morgan fingerprint density at radius 3 is 2.57 bits per heavy atom. The van der Waals surface area contributed by atoms with Gasteiger partial charge < -0.3 is 9.80 Å². The summed E-state index contributed by atoms with van der Waals surface area (Å²) in [7, 11) is 3.68. The molecular weight excluding hydrogens is 288 g/mol. The van der Waals surface area contributed by atoms with Gasteiger partial charge in [0.05, 0.1) is 0 Å². The van der Waals surface area contributed by atoms with Gasteiger partial charge >= 0.3 is 0 Å². The maximum atomic E-state index is 11.9. The van der Waals surface area contributed by atoms with E-state index >= 15 is 0 Å². The van der Waals surface area contributed by atoms with E-state index in [0.29, 0.717) is 12.3 Å². The molecule has 23 heavy (non-hydrogen) atoms. The predicted molar refractivity (Wildman–Crippen MR) is 91.7 cm³/mol. The van der Waals surface area contributed by atoms with Crippen LogP contribution in [0.4, 0.5) is 5.82 Å². The van der Waals surface area contributed by atoms with Crippen LogP contribution in [0.3, 0.4) is 0 Å². The van der Waals surface area contributed by atoms with Crippen LogP contribution in [0.5, 0.6) is 0 Å². The van der Waals surface area contributed by atoms with Crippen LogP contribution < -0.4 is 4.90 Å². The summed E-state index contributed by atoms with van der Waals surface area (Å²) in [6.07, 6.45) is 7.55. The van der Waals surface area contributed by atoms with E-state index in [0.717, 1.165) is 44.6 Å². The Hall–Kier alpha value is -1.65. The molecule has 2 heterocycles. The van der Waals surface area contributed by atoms with Gasteiger partial charge in [0.1, 0.15) is 11.6 Å². The first-order valence-electron chi connectivity index (χ1n) is 8.86. The number of carbonyl (C=O) groups excluding carboxylic acids is 1. The molecule has 126 valence electrons. The Kier molecular flexibility index (Phi) is 4.83. The Morgan fingerprint density at radius 2 is 1.87 bits per heavy atom. The Morgan fingerprint density at radius 1 is 1.17 bits per heavy atom. The second-order valence-corrected chi connectivity index (χ2v) is 7.15. The van der Waals surface area contributed by atoms with Crippen LogP contribution in [0.2, 0.25) is 0 Å². The molecule has 1 aromatic heterocycles. The van der Waals surface area contributed by atoms with E-state index in [1.807, 2.05) is 21.0 Å². The van der Waals surface area contributed by atoms with Crippen LogP contribution in [0.15, 0.2) is 0 Å². The maximum absolute atomic E-state index is 11.9. The topological polar surface area (TPSA) is 49.3 Å². The molecule has 1 aromatic rings. The molecule has 0 atom stereocenters. The summed E-state index contributed by atoms with van der Waals surface area (Å²) in [4.78, 5) is 25.4. The Balaban J connectivity index is 1.68. The van der Waals surface area contributed by atoms with E-state index in [1.165, 1.54) is 29.9 Å². The summed E-state index contributed by atoms with van der Waals surface area (Å²) in [5.74, 6) is 2.83. The molecule has 1 aliphatic carbocycles. The number of hydrogen-bond acceptors (Lipinski definition) is 4. The van der Waals surface area contributed by atoms with Crippen molar-refractivity contribution in [2.75, 3.05) is 32.1 Å². The molecule has 1 fully saturated rings. The smallest absolute Gasteiger partial charge is 0.222 e. The van der Waals surface area contributed by atoms with Gasteiger partial charge in [0.25, 0.3) is 0 Å². The molecule has 0 N–H and O–H groups in total. The van der Waals surface area contributed by atoms with Crippen LogP contribution in [-0.2, 0) is 17.6 Å². The van der Waals surface area contributed by atoms with Crippen LogP contribution in [0.25, 0.3) is 0 Å². The van der Waals surface area contributed by atoms with Crippen LogP contribution in [0, 0.1) is 12.8 Å². The largest absolute Gasteiger partial charge is 0.356 e. The molecule has 0 bridgehead atoms. The maximum Gasteiger partial charge on any atom is 0.222 e. The highest BCUT2D eigenvalue weighted by atomic mass is 16.2. The molecule has 0 saturated carbocycles. The summed E-state index contributed by atoms with van der Waals surface area (Å²) in [6.45, 7) is 4.02. The lowest BCUT2D eigenvalue weighted by Crippen LogP contribution is -2.37. The minimum atomic E-state index is 0.249. The number of anilines is 1. The third-order valence-electron chi connectivity index (χ3n) is 5.15. The van der Waals surface area contributed by atoms with Crippen LogP contribution in [-0.4, -0.2) is 48.0 Å². The number of hydrogen-bond donors (Lipinski definition) is 0. The van der Waals surface area contributed by atoms with Crippen LogP contribution >= 0.6 is 0 Å². The van der Waals surface area contributed by atoms with Gasteiger partial charge in [0.15, 0.2) is 0 Å². The third-order valence-corrected chi connectivity index (χ3v) is 5.15. The molecule has 5 nitrogen and oxygen atoms in total. The molecule has 3 rings (SSSR count). The average molecular weight is 316 g/mol. The molecule has 1 aliphatic heterocycles. The number of amides is 1. The van der Waals surface area contributed by atoms with Gasteiger partial charge in [-0.05, 0) is 51.4 Å². The summed E-state index contributed by atoms with van der Waals surface area (Å²) in [5, 5.41) is 0. The number of nitrogens with zero attached hydrogens (tertiary/aromatic N) is 4. The Bertz CT molecular complexity index is 577. The highest BCUT2D eigenvalue weighted by molar-refractivity contribution is 5.75. The summed E-state index contributed by atoms with van der Waals surface area (Å²) in [6, 6.07) is 0. The molecule has 0 aromatic carbocycles. The van der Waals surface area contributed by atoms with E-state index in [1.54, 1.807) is 4.90 Å². The second kappa shape index (κ2) is 6.85. The summed E-state index contributed by atoms with van der Waals surface area (Å²) in [5.41, 5.74) is 2.65. The van der Waals surface area contributed by atoms with Gasteiger partial charge in [-0.25, -0.2) is 9.97 Å². The van der Waals surface area contributed by atoms with Gasteiger partial charge in [-0.15, -0.1) is 0 Å². The normalized spacial score (nSPS) is 18.7. The first-order valence-corrected chi connectivity index (χ1v) is 8.86. The lowest BCUT2D eigenvalue weighted by atomic mass is 9.91. The van der Waals surface area contributed by atoms with Gasteiger partial charge in [-0.3, -0.25) is 4.79 Å². The van der Waals surface area contributed by atoms with Crippen molar-refractivity contribution in [3.63, 3.8) is 0 Å². The Labute approximate surface area is 139 Å². The predicted octanol–water partition coefficient (Wildman–Crippen LogP) is 2.36. The highest BCUT2D eigenvalue weighted by Crippen LogP contribution is 2.31. The summed E-state index contributed by atoms with van der Waals surface area (Å²) < 4.78 is 0. The standard InChI is InChI=1S/C18H28N4O/c1-13-19-16-7-5-4-6-15(16)18(20-13)22-10-8-14(9-11-22)12-17(23)21(2)3/h14H,4-12H2,1-3H3. The lowest BCUT2D eigenvalue weighted by Gasteiger charge is -2.35. The van der Waals surface area contributed by atoms with Crippen molar-refractivity contribution in [1.82, 2.24) is 14.9 Å². The van der Waals surface area contributed by atoms with Gasteiger partial charge in [0.2, 0.25) is 5.91 Å². The van der Waals surface area contributed by atoms with Crippen molar-refractivity contribution >= 4 is 11.7 Å². The molecule has 1 saturated heterocycles. The fourth-order valence-electron chi connectivity index (χ4n) is 3.73. The molecule has 0 radical (unpaired) electrons. The van der Waals surface area contributed by atoms with Crippen molar-refractivity contribution < 1.29 is 4.79 Å². The number of rotatable bonds is 3. The number of piperidine rings is 1. The van der Waals surface area contributed by atoms with Gasteiger partial charge in [0, 0.05) is 44.9 Å². The monoisotopic (exact) mass is 316 g/mol. The zero-order valence-corrected chi connectivity index (χ0v) is 14.6. The van der Waals surface area contributed by atoms with E-state index in [2.05, 4.69) is 9.88 Å². The first kappa shape index (κ1) is 16.2. The minimum absolute atomic E-state index is 0.249. The van der Waals surface area contributed by atoms with Gasteiger partial charge in [-0.2, -0.15) is 0 Å². The number of fused-ring (bicyclic) bond motifs is 1. The number of carbonyl (C=O) groups is 1. The molecule has 0 spiro atoms.